The van der Waals surface area contributed by atoms with Gasteiger partial charge in [0.1, 0.15) is 6.04 Å². The van der Waals surface area contributed by atoms with E-state index in [1.807, 2.05) is 42.2 Å². The largest absolute Gasteiger partial charge is 0.481 e. The smallest absolute Gasteiger partial charge is 0.474 e. The number of aromatic nitrogens is 4. The SMILES string of the molecule is C=CC1C(C(=O)Nc2nc3ncc(CNc4ccc(C(=O)NC(CCC(=O)O)C(=O)O)cc4)nc3c(=O)[nH]2)C(C(=O)NCCCCOP(=O)(OCC)OCC)C(C)N1Cc1ccccc1. The van der Waals surface area contributed by atoms with E-state index < -0.39 is 73.5 Å². The van der Waals surface area contributed by atoms with Crippen LogP contribution in [0.5, 0.6) is 0 Å². The molecule has 21 nitrogen and oxygen atoms in total. The number of carboxylic acids is 2. The maximum absolute atomic E-state index is 14.3. The molecule has 0 spiro atoms. The van der Waals surface area contributed by atoms with E-state index in [9.17, 15) is 38.4 Å². The van der Waals surface area contributed by atoms with Gasteiger partial charge in [-0.05, 0) is 69.9 Å². The number of likely N-dealkylation sites (tertiary alicyclic amines) is 1. The normalized spacial score (nSPS) is 17.8. The number of hydrogen-bond donors (Lipinski definition) is 7. The topological polar surface area (TPSA) is 293 Å². The Bertz CT molecular complexity index is 2410. The van der Waals surface area contributed by atoms with E-state index in [-0.39, 0.29) is 67.9 Å². The van der Waals surface area contributed by atoms with Crippen LogP contribution in [0.2, 0.25) is 0 Å². The van der Waals surface area contributed by atoms with Crippen LogP contribution in [-0.4, -0.2) is 109 Å². The Labute approximate surface area is 374 Å². The zero-order valence-electron chi connectivity index (χ0n) is 36.2. The zero-order chi connectivity index (χ0) is 47.1. The van der Waals surface area contributed by atoms with E-state index >= 15 is 0 Å². The summed E-state index contributed by atoms with van der Waals surface area (Å²) in [6, 6.07) is 13.3. The number of carbonyl (C=O) groups is 5. The molecule has 5 unspecified atom stereocenters. The van der Waals surface area contributed by atoms with Crippen molar-refractivity contribution in [1.82, 2.24) is 35.5 Å². The number of nitrogens with zero attached hydrogens (tertiary/aromatic N) is 4. The Morgan fingerprint density at radius 1 is 0.954 bits per heavy atom. The molecule has 1 fully saturated rings. The second kappa shape index (κ2) is 23.5. The molecule has 4 aromatic rings. The molecule has 0 aliphatic carbocycles. The summed E-state index contributed by atoms with van der Waals surface area (Å²) in [5.41, 5.74) is 1.21. The van der Waals surface area contributed by atoms with Crippen LogP contribution >= 0.6 is 7.82 Å². The fourth-order valence-corrected chi connectivity index (χ4v) is 8.59. The van der Waals surface area contributed by atoms with Crippen LogP contribution in [-0.2, 0) is 50.4 Å². The third kappa shape index (κ3) is 13.6. The van der Waals surface area contributed by atoms with Gasteiger partial charge in [-0.15, -0.1) is 6.58 Å². The fourth-order valence-electron chi connectivity index (χ4n) is 7.38. The minimum absolute atomic E-state index is 0.0471. The summed E-state index contributed by atoms with van der Waals surface area (Å²) in [4.78, 5) is 94.2. The van der Waals surface area contributed by atoms with E-state index in [1.165, 1.54) is 18.3 Å². The van der Waals surface area contributed by atoms with Crippen LogP contribution in [0, 0.1) is 11.8 Å². The number of phosphoric ester groups is 1. The van der Waals surface area contributed by atoms with Crippen LogP contribution in [0.1, 0.15) is 68.1 Å². The Balaban J connectivity index is 1.25. The molecule has 7 N–H and O–H groups in total. The van der Waals surface area contributed by atoms with Crippen molar-refractivity contribution in [3.05, 3.63) is 101 Å². The lowest BCUT2D eigenvalue weighted by atomic mass is 9.85. The van der Waals surface area contributed by atoms with Crippen molar-refractivity contribution in [1.29, 1.82) is 0 Å². The van der Waals surface area contributed by atoms with Gasteiger partial charge in [0.15, 0.2) is 11.2 Å². The molecule has 1 aliphatic rings. The van der Waals surface area contributed by atoms with Gasteiger partial charge in [0, 0.05) is 42.8 Å². The maximum atomic E-state index is 14.3. The average Bonchev–Trinajstić information content (AvgIpc) is 3.56. The van der Waals surface area contributed by atoms with E-state index in [0.29, 0.717) is 30.8 Å². The second-order valence-electron chi connectivity index (χ2n) is 15.0. The molecule has 0 radical (unpaired) electrons. The van der Waals surface area contributed by atoms with Crippen molar-refractivity contribution in [2.75, 3.05) is 37.0 Å². The Kier molecular flexibility index (Phi) is 18.0. The number of hydrogen-bond acceptors (Lipinski definition) is 15. The lowest BCUT2D eigenvalue weighted by Crippen LogP contribution is -2.43. The molecule has 5 atom stereocenters. The minimum Gasteiger partial charge on any atom is -0.481 e. The summed E-state index contributed by atoms with van der Waals surface area (Å²) < 4.78 is 28.3. The summed E-state index contributed by atoms with van der Waals surface area (Å²) in [6.07, 6.45) is 3.26. The van der Waals surface area contributed by atoms with Gasteiger partial charge < -0.3 is 26.2 Å². The van der Waals surface area contributed by atoms with Gasteiger partial charge in [-0.3, -0.25) is 52.7 Å². The molecule has 22 heteroatoms. The monoisotopic (exact) mass is 919 g/mol. The van der Waals surface area contributed by atoms with Crippen LogP contribution < -0.4 is 26.8 Å². The molecule has 0 bridgehead atoms. The van der Waals surface area contributed by atoms with E-state index in [0.717, 1.165) is 5.56 Å². The summed E-state index contributed by atoms with van der Waals surface area (Å²) in [7, 11) is -3.67. The number of rotatable bonds is 25. The molecular formula is C43H54N9O12P. The van der Waals surface area contributed by atoms with Gasteiger partial charge >= 0.3 is 19.8 Å². The van der Waals surface area contributed by atoms with Gasteiger partial charge in [0.25, 0.3) is 11.5 Å². The Morgan fingerprint density at radius 3 is 2.31 bits per heavy atom. The van der Waals surface area contributed by atoms with Crippen LogP contribution in [0.3, 0.4) is 0 Å². The number of aromatic amines is 1. The van der Waals surface area contributed by atoms with Gasteiger partial charge in [0.2, 0.25) is 17.8 Å². The van der Waals surface area contributed by atoms with Crippen molar-refractivity contribution in [3.8, 4) is 0 Å². The highest BCUT2D eigenvalue weighted by molar-refractivity contribution is 7.48. The number of aliphatic carboxylic acids is 2. The standard InChI is InChI=1S/C43H54N9O12P/c1-5-32-35(34(26(4)52(32)25-27-13-9-8-10-14-27)39(56)44-21-11-12-22-64-65(61,62-6-2)63-7-3)40(57)50-43-49-37-36(41(58)51-43)47-30(24-46-37)23-45-29-17-15-28(16-18-29)38(55)48-31(42(59)60)19-20-33(53)54/h5,8-10,13-18,24,26,31-32,34-35,45H,1,6-7,11-12,19-23,25H2,2-4H3,(H,44,56)(H,48,55)(H,53,54)(H,59,60)(H2,46,49,50,51,57,58). The number of H-pyrrole nitrogens is 1. The number of amides is 3. The fraction of sp³-hybridized carbons (Fsp3) is 0.419. The number of benzene rings is 2. The number of anilines is 2. The third-order valence-electron chi connectivity index (χ3n) is 10.5. The highest BCUT2D eigenvalue weighted by Gasteiger charge is 2.52. The van der Waals surface area contributed by atoms with E-state index in [4.69, 9.17) is 18.7 Å². The Hall–Kier alpha value is -6.38. The molecule has 0 saturated carbocycles. The van der Waals surface area contributed by atoms with Crippen molar-refractivity contribution >= 4 is 60.3 Å². The summed E-state index contributed by atoms with van der Waals surface area (Å²) >= 11 is 0. The van der Waals surface area contributed by atoms with E-state index in [1.54, 1.807) is 32.1 Å². The molecule has 1 aliphatic heterocycles. The highest BCUT2D eigenvalue weighted by atomic mass is 31.2. The third-order valence-corrected chi connectivity index (χ3v) is 12.2. The van der Waals surface area contributed by atoms with Gasteiger partial charge in [-0.2, -0.15) is 4.98 Å². The molecule has 3 amide bonds. The van der Waals surface area contributed by atoms with Crippen LogP contribution in [0.15, 0.2) is 78.2 Å². The first-order valence-electron chi connectivity index (χ1n) is 21.1. The predicted octanol–water partition coefficient (Wildman–Crippen LogP) is 4.10. The van der Waals surface area contributed by atoms with Crippen molar-refractivity contribution in [3.63, 3.8) is 0 Å². The number of carbonyl (C=O) groups excluding carboxylic acids is 3. The minimum atomic E-state index is -3.67. The van der Waals surface area contributed by atoms with Gasteiger partial charge in [-0.25, -0.2) is 19.3 Å². The second-order valence-corrected chi connectivity index (χ2v) is 16.6. The van der Waals surface area contributed by atoms with Crippen molar-refractivity contribution < 1.29 is 52.3 Å². The number of carboxylic acid groups (broad SMARTS) is 2. The predicted molar refractivity (Wildman–Crippen MR) is 238 cm³/mol. The van der Waals surface area contributed by atoms with Gasteiger partial charge in [-0.1, -0.05) is 36.4 Å². The average molecular weight is 920 g/mol. The van der Waals surface area contributed by atoms with E-state index in [2.05, 4.69) is 47.8 Å². The summed E-state index contributed by atoms with van der Waals surface area (Å²) in [6.45, 7) is 10.4. The lowest BCUT2D eigenvalue weighted by Gasteiger charge is -2.27. The first-order valence-corrected chi connectivity index (χ1v) is 22.5. The number of fused-ring (bicyclic) bond motifs is 1. The first-order chi connectivity index (χ1) is 31.2. The number of unbranched alkanes of at least 4 members (excludes halogenated alkanes) is 1. The molecule has 65 heavy (non-hydrogen) atoms. The quantitative estimate of drug-likeness (QED) is 0.0280. The number of phosphoric acid groups is 1. The van der Waals surface area contributed by atoms with Crippen LogP contribution in [0.25, 0.3) is 11.2 Å². The van der Waals surface area contributed by atoms with Crippen molar-refractivity contribution in [2.24, 2.45) is 11.8 Å². The highest BCUT2D eigenvalue weighted by Crippen LogP contribution is 2.49. The van der Waals surface area contributed by atoms with Crippen molar-refractivity contribution in [2.45, 2.75) is 77.7 Å². The summed E-state index contributed by atoms with van der Waals surface area (Å²) in [5, 5.41) is 29.3. The molecule has 1 saturated heterocycles. The molecule has 5 rings (SSSR count). The molecule has 2 aromatic carbocycles. The Morgan fingerprint density at radius 2 is 1.66 bits per heavy atom. The maximum Gasteiger partial charge on any atom is 0.474 e. The summed E-state index contributed by atoms with van der Waals surface area (Å²) in [5.74, 6) is -6.15. The zero-order valence-corrected chi connectivity index (χ0v) is 37.1. The first kappa shape index (κ1) is 49.6. The molecular weight excluding hydrogens is 865 g/mol. The molecule has 3 heterocycles. The molecule has 348 valence electrons. The van der Waals surface area contributed by atoms with Crippen LogP contribution in [0.4, 0.5) is 11.6 Å². The lowest BCUT2D eigenvalue weighted by molar-refractivity contribution is -0.140. The number of nitrogens with one attached hydrogen (secondary N) is 5. The molecule has 2 aromatic heterocycles. The van der Waals surface area contributed by atoms with Gasteiger partial charge in [0.05, 0.1) is 50.1 Å².